The number of carboxylic acid groups (broad SMARTS) is 1. The van der Waals surface area contributed by atoms with E-state index in [1.807, 2.05) is 12.3 Å². The van der Waals surface area contributed by atoms with E-state index in [0.29, 0.717) is 0 Å². The van der Waals surface area contributed by atoms with Gasteiger partial charge in [-0.1, -0.05) is 0 Å². The van der Waals surface area contributed by atoms with Gasteiger partial charge < -0.3 is 9.51 Å². The Hall–Kier alpha value is -0.810. The molecule has 2 aromatic rings. The second-order valence-corrected chi connectivity index (χ2v) is 4.60. The monoisotopic (exact) mass is 317 g/mol. The molecule has 0 aromatic carbocycles. The number of aromatic nitrogens is 1. The van der Waals surface area contributed by atoms with Gasteiger partial charge in [-0.3, -0.25) is 0 Å². The van der Waals surface area contributed by atoms with Crippen LogP contribution in [0.25, 0.3) is 5.52 Å². The minimum Gasteiger partial charge on any atom is -0.478 e. The van der Waals surface area contributed by atoms with Gasteiger partial charge in [-0.05, 0) is 44.0 Å². The first-order valence-corrected chi connectivity index (χ1v) is 5.36. The van der Waals surface area contributed by atoms with Crippen LogP contribution in [0.4, 0.5) is 0 Å². The molecule has 0 aliphatic carbocycles. The maximum absolute atomic E-state index is 10.7. The molecule has 2 aromatic heterocycles. The van der Waals surface area contributed by atoms with E-state index >= 15 is 0 Å². The van der Waals surface area contributed by atoms with Gasteiger partial charge in [0.2, 0.25) is 0 Å². The number of aromatic carboxylic acids is 1. The largest absolute Gasteiger partial charge is 0.478 e. The number of fused-ring (bicyclic) bond motifs is 1. The first-order chi connectivity index (χ1) is 6.58. The molecule has 2 rings (SSSR count). The molecule has 72 valence electrons. The first kappa shape index (κ1) is 9.73. The predicted molar refractivity (Wildman–Crippen MR) is 59.8 cm³/mol. The van der Waals surface area contributed by atoms with Gasteiger partial charge in [-0.2, -0.15) is 0 Å². The number of carbonyl (C=O) groups is 1. The maximum atomic E-state index is 10.7. The minimum absolute atomic E-state index is 0.281. The SMILES string of the molecule is O=C(O)c1cc2c(Br)cc(Br)cn2c1. The fraction of sp³-hybridized carbons (Fsp3) is 0. The van der Waals surface area contributed by atoms with Crippen LogP contribution in [0.1, 0.15) is 10.4 Å². The summed E-state index contributed by atoms with van der Waals surface area (Å²) in [5, 5.41) is 8.81. The van der Waals surface area contributed by atoms with Crippen molar-refractivity contribution in [2.45, 2.75) is 0 Å². The molecule has 5 heteroatoms. The molecule has 0 spiro atoms. The van der Waals surface area contributed by atoms with Crippen LogP contribution in [0.3, 0.4) is 0 Å². The lowest BCUT2D eigenvalue weighted by Gasteiger charge is -1.97. The Morgan fingerprint density at radius 3 is 2.64 bits per heavy atom. The van der Waals surface area contributed by atoms with Gasteiger partial charge in [0.05, 0.1) is 11.1 Å². The van der Waals surface area contributed by atoms with E-state index in [-0.39, 0.29) is 5.56 Å². The quantitative estimate of drug-likeness (QED) is 0.877. The Balaban J connectivity index is 2.76. The van der Waals surface area contributed by atoms with Crippen molar-refractivity contribution in [3.63, 3.8) is 0 Å². The van der Waals surface area contributed by atoms with Crippen LogP contribution in [-0.2, 0) is 0 Å². The highest BCUT2D eigenvalue weighted by molar-refractivity contribution is 9.11. The summed E-state index contributed by atoms with van der Waals surface area (Å²) in [7, 11) is 0. The summed E-state index contributed by atoms with van der Waals surface area (Å²) in [6.07, 6.45) is 3.39. The average Bonchev–Trinajstić information content (AvgIpc) is 2.47. The molecule has 0 radical (unpaired) electrons. The van der Waals surface area contributed by atoms with E-state index in [2.05, 4.69) is 31.9 Å². The van der Waals surface area contributed by atoms with Crippen LogP contribution in [-0.4, -0.2) is 15.5 Å². The van der Waals surface area contributed by atoms with Crippen LogP contribution >= 0.6 is 31.9 Å². The highest BCUT2D eigenvalue weighted by atomic mass is 79.9. The van der Waals surface area contributed by atoms with Gasteiger partial charge in [0, 0.05) is 21.3 Å². The number of carboxylic acids is 1. The van der Waals surface area contributed by atoms with E-state index < -0.39 is 5.97 Å². The average molecular weight is 319 g/mol. The van der Waals surface area contributed by atoms with E-state index in [1.165, 1.54) is 0 Å². The minimum atomic E-state index is -0.920. The predicted octanol–water partition coefficient (Wildman–Crippen LogP) is 3.16. The van der Waals surface area contributed by atoms with Crippen LogP contribution in [0, 0.1) is 0 Å². The number of halogens is 2. The molecule has 3 nitrogen and oxygen atoms in total. The van der Waals surface area contributed by atoms with Crippen LogP contribution < -0.4 is 0 Å². The Morgan fingerprint density at radius 2 is 2.00 bits per heavy atom. The molecule has 0 saturated heterocycles. The van der Waals surface area contributed by atoms with Gasteiger partial charge in [0.15, 0.2) is 0 Å². The smallest absolute Gasteiger partial charge is 0.337 e. The molecular weight excluding hydrogens is 314 g/mol. The second-order valence-electron chi connectivity index (χ2n) is 2.83. The third-order valence-electron chi connectivity index (χ3n) is 1.87. The molecule has 0 fully saturated rings. The summed E-state index contributed by atoms with van der Waals surface area (Å²) in [6, 6.07) is 3.50. The van der Waals surface area contributed by atoms with Crippen molar-refractivity contribution in [2.24, 2.45) is 0 Å². The van der Waals surface area contributed by atoms with Crippen molar-refractivity contribution in [2.75, 3.05) is 0 Å². The summed E-state index contributed by atoms with van der Waals surface area (Å²) in [5.41, 5.74) is 1.12. The normalized spacial score (nSPS) is 10.7. The fourth-order valence-corrected chi connectivity index (χ4v) is 2.58. The Bertz CT molecular complexity index is 519. The molecule has 0 unspecified atom stereocenters. The molecule has 1 N–H and O–H groups in total. The molecule has 0 atom stereocenters. The van der Waals surface area contributed by atoms with Gasteiger partial charge in [0.25, 0.3) is 0 Å². The van der Waals surface area contributed by atoms with Crippen molar-refractivity contribution < 1.29 is 9.90 Å². The standard InChI is InChI=1S/C9H5Br2NO2/c10-6-2-7(11)8-1-5(9(13)14)3-12(8)4-6/h1-4H,(H,13,14). The molecule has 2 heterocycles. The van der Waals surface area contributed by atoms with E-state index in [1.54, 1.807) is 16.7 Å². The number of hydrogen-bond acceptors (Lipinski definition) is 1. The Kier molecular flexibility index (Phi) is 2.36. The van der Waals surface area contributed by atoms with Crippen LogP contribution in [0.5, 0.6) is 0 Å². The maximum Gasteiger partial charge on any atom is 0.337 e. The highest BCUT2D eigenvalue weighted by Gasteiger charge is 2.08. The summed E-state index contributed by atoms with van der Waals surface area (Å²) < 4.78 is 3.52. The van der Waals surface area contributed by atoms with Crippen molar-refractivity contribution >= 4 is 43.3 Å². The first-order valence-electron chi connectivity index (χ1n) is 3.78. The Labute approximate surface area is 96.6 Å². The van der Waals surface area contributed by atoms with Crippen LogP contribution in [0.15, 0.2) is 33.5 Å². The van der Waals surface area contributed by atoms with Crippen molar-refractivity contribution in [3.05, 3.63) is 39.0 Å². The molecule has 14 heavy (non-hydrogen) atoms. The lowest BCUT2D eigenvalue weighted by Crippen LogP contribution is -1.92. The number of nitrogens with zero attached hydrogens (tertiary/aromatic N) is 1. The van der Waals surface area contributed by atoms with Crippen molar-refractivity contribution in [3.8, 4) is 0 Å². The summed E-state index contributed by atoms with van der Waals surface area (Å²) in [6.45, 7) is 0. The molecular formula is C9H5Br2NO2. The summed E-state index contributed by atoms with van der Waals surface area (Å²) >= 11 is 6.70. The third-order valence-corrected chi connectivity index (χ3v) is 2.94. The third kappa shape index (κ3) is 1.57. The molecule has 0 aliphatic heterocycles. The number of rotatable bonds is 1. The lowest BCUT2D eigenvalue weighted by molar-refractivity contribution is 0.0697. The lowest BCUT2D eigenvalue weighted by atomic mass is 10.3. The number of pyridine rings is 1. The van der Waals surface area contributed by atoms with Crippen molar-refractivity contribution in [1.29, 1.82) is 0 Å². The summed E-state index contributed by atoms with van der Waals surface area (Å²) in [4.78, 5) is 10.7. The molecule has 0 saturated carbocycles. The van der Waals surface area contributed by atoms with E-state index in [9.17, 15) is 4.79 Å². The molecule has 0 amide bonds. The summed E-state index contributed by atoms with van der Waals surface area (Å²) in [5.74, 6) is -0.920. The second kappa shape index (κ2) is 3.40. The van der Waals surface area contributed by atoms with E-state index in [0.717, 1.165) is 14.5 Å². The van der Waals surface area contributed by atoms with Crippen LogP contribution in [0.2, 0.25) is 0 Å². The van der Waals surface area contributed by atoms with Gasteiger partial charge >= 0.3 is 5.97 Å². The zero-order valence-electron chi connectivity index (χ0n) is 6.87. The van der Waals surface area contributed by atoms with Gasteiger partial charge in [-0.25, -0.2) is 4.79 Å². The van der Waals surface area contributed by atoms with Gasteiger partial charge in [-0.15, -0.1) is 0 Å². The highest BCUT2D eigenvalue weighted by Crippen LogP contribution is 2.24. The topological polar surface area (TPSA) is 41.7 Å². The fourth-order valence-electron chi connectivity index (χ4n) is 1.26. The van der Waals surface area contributed by atoms with Gasteiger partial charge in [0.1, 0.15) is 0 Å². The zero-order valence-corrected chi connectivity index (χ0v) is 10.0. The number of hydrogen-bond donors (Lipinski definition) is 1. The molecule has 0 bridgehead atoms. The van der Waals surface area contributed by atoms with E-state index in [4.69, 9.17) is 5.11 Å². The van der Waals surface area contributed by atoms with Crippen molar-refractivity contribution in [1.82, 2.24) is 4.40 Å². The molecule has 0 aliphatic rings. The Morgan fingerprint density at radius 1 is 1.29 bits per heavy atom. The zero-order chi connectivity index (χ0) is 10.3.